The molecule has 0 bridgehead atoms. The van der Waals surface area contributed by atoms with E-state index in [0.717, 1.165) is 22.5 Å². The zero-order chi connectivity index (χ0) is 22.7. The van der Waals surface area contributed by atoms with E-state index >= 15 is 0 Å². The summed E-state index contributed by atoms with van der Waals surface area (Å²) in [5, 5.41) is 0. The summed E-state index contributed by atoms with van der Waals surface area (Å²) in [6, 6.07) is 3.75. The Morgan fingerprint density at radius 1 is 1.13 bits per heavy atom. The summed E-state index contributed by atoms with van der Waals surface area (Å²) < 4.78 is 104. The third kappa shape index (κ3) is 5.75. The van der Waals surface area contributed by atoms with Crippen LogP contribution in [0.15, 0.2) is 41.8 Å². The number of amides is 1. The van der Waals surface area contributed by atoms with Gasteiger partial charge in [-0.2, -0.15) is 30.6 Å². The highest BCUT2D eigenvalue weighted by atomic mass is 32.2. The lowest BCUT2D eigenvalue weighted by Crippen LogP contribution is -2.47. The Kier molecular flexibility index (Phi) is 7.23. The smallest absolute Gasteiger partial charge is 0.330 e. The van der Waals surface area contributed by atoms with Gasteiger partial charge in [-0.15, -0.1) is 6.58 Å². The Labute approximate surface area is 170 Å². The van der Waals surface area contributed by atoms with Gasteiger partial charge >= 0.3 is 12.4 Å². The minimum atomic E-state index is -4.87. The summed E-state index contributed by atoms with van der Waals surface area (Å²) in [4.78, 5) is 12.1. The number of rotatable bonds is 6. The lowest BCUT2D eigenvalue weighted by molar-refractivity contribution is -0.163. The molecule has 1 aliphatic rings. The largest absolute Gasteiger partial charge is 0.417 e. The fraction of sp³-hybridized carbons (Fsp3) is 0.500. The normalized spacial score (nSPS) is 17.0. The number of halogens is 6. The van der Waals surface area contributed by atoms with Crippen LogP contribution in [0.4, 0.5) is 26.3 Å². The molecule has 30 heavy (non-hydrogen) atoms. The van der Waals surface area contributed by atoms with E-state index in [0.29, 0.717) is 11.0 Å². The molecule has 0 aliphatic carbocycles. The fourth-order valence-electron chi connectivity index (χ4n) is 3.27. The molecular formula is C18H20F6N2O3S. The molecule has 1 saturated heterocycles. The van der Waals surface area contributed by atoms with Crippen molar-refractivity contribution in [3.63, 3.8) is 0 Å². The van der Waals surface area contributed by atoms with E-state index in [-0.39, 0.29) is 32.5 Å². The molecule has 0 atom stereocenters. The molecule has 1 aromatic carbocycles. The Morgan fingerprint density at radius 2 is 1.70 bits per heavy atom. The number of hydrogen-bond donors (Lipinski definition) is 0. The van der Waals surface area contributed by atoms with E-state index < -0.39 is 51.2 Å². The van der Waals surface area contributed by atoms with Crippen molar-refractivity contribution >= 4 is 15.9 Å². The maximum atomic E-state index is 13.2. The number of hydrogen-bond acceptors (Lipinski definition) is 3. The Hall–Kier alpha value is -2.08. The average Bonchev–Trinajstić information content (AvgIpc) is 2.65. The summed E-state index contributed by atoms with van der Waals surface area (Å²) in [5.74, 6) is -1.66. The van der Waals surface area contributed by atoms with Crippen molar-refractivity contribution in [2.75, 3.05) is 26.2 Å². The summed E-state index contributed by atoms with van der Waals surface area (Å²) in [7, 11) is -4.49. The van der Waals surface area contributed by atoms with Crippen LogP contribution in [-0.2, 0) is 21.0 Å². The second kappa shape index (κ2) is 8.96. The van der Waals surface area contributed by atoms with Crippen LogP contribution in [0.3, 0.4) is 0 Å². The summed E-state index contributed by atoms with van der Waals surface area (Å²) in [5.41, 5.74) is -1.30. The highest BCUT2D eigenvalue weighted by Crippen LogP contribution is 2.36. The molecule has 168 valence electrons. The van der Waals surface area contributed by atoms with Gasteiger partial charge in [0.25, 0.3) is 0 Å². The molecule has 0 radical (unpaired) electrons. The van der Waals surface area contributed by atoms with Gasteiger partial charge in [0, 0.05) is 25.6 Å². The predicted molar refractivity (Wildman–Crippen MR) is 95.8 cm³/mol. The van der Waals surface area contributed by atoms with Crippen molar-refractivity contribution in [3.8, 4) is 0 Å². The Morgan fingerprint density at radius 3 is 2.20 bits per heavy atom. The Bertz CT molecular complexity index is 875. The van der Waals surface area contributed by atoms with Gasteiger partial charge in [-0.05, 0) is 25.0 Å². The topological polar surface area (TPSA) is 57.7 Å². The van der Waals surface area contributed by atoms with Crippen molar-refractivity contribution in [1.82, 2.24) is 9.21 Å². The van der Waals surface area contributed by atoms with Crippen LogP contribution in [0.5, 0.6) is 0 Å². The van der Waals surface area contributed by atoms with Crippen LogP contribution in [-0.4, -0.2) is 55.9 Å². The van der Waals surface area contributed by atoms with Crippen LogP contribution in [0.1, 0.15) is 18.4 Å². The van der Waals surface area contributed by atoms with Crippen molar-refractivity contribution in [2.45, 2.75) is 30.1 Å². The minimum absolute atomic E-state index is 0.0995. The van der Waals surface area contributed by atoms with Crippen LogP contribution in [0.2, 0.25) is 0 Å². The second-order valence-corrected chi connectivity index (χ2v) is 8.70. The average molecular weight is 458 g/mol. The van der Waals surface area contributed by atoms with Gasteiger partial charge in [0.05, 0.1) is 10.5 Å². The van der Waals surface area contributed by atoms with Gasteiger partial charge in [0.2, 0.25) is 15.9 Å². The molecule has 0 unspecified atom stereocenters. The quantitative estimate of drug-likeness (QED) is 0.483. The van der Waals surface area contributed by atoms with Gasteiger partial charge in [0.15, 0.2) is 0 Å². The first-order valence-corrected chi connectivity index (χ1v) is 10.3. The predicted octanol–water partition coefficient (Wildman–Crippen LogP) is 3.68. The zero-order valence-corrected chi connectivity index (χ0v) is 16.5. The van der Waals surface area contributed by atoms with E-state index in [2.05, 4.69) is 6.58 Å². The molecule has 2 rings (SSSR count). The van der Waals surface area contributed by atoms with E-state index in [1.165, 1.54) is 6.07 Å². The maximum Gasteiger partial charge on any atom is 0.417 e. The zero-order valence-electron chi connectivity index (χ0n) is 15.7. The van der Waals surface area contributed by atoms with Crippen molar-refractivity contribution in [3.05, 3.63) is 42.5 Å². The highest BCUT2D eigenvalue weighted by Gasteiger charge is 2.41. The van der Waals surface area contributed by atoms with Crippen LogP contribution < -0.4 is 0 Å². The first-order valence-electron chi connectivity index (χ1n) is 8.90. The van der Waals surface area contributed by atoms with E-state index in [1.807, 2.05) is 0 Å². The van der Waals surface area contributed by atoms with Crippen LogP contribution in [0, 0.1) is 5.92 Å². The molecule has 1 amide bonds. The SMILES string of the molecule is C=CCN(CC(F)(F)F)C(=O)C1CCN(S(=O)(=O)c2ccccc2C(F)(F)F)CC1. The van der Waals surface area contributed by atoms with Gasteiger partial charge in [-0.25, -0.2) is 8.42 Å². The van der Waals surface area contributed by atoms with E-state index in [4.69, 9.17) is 0 Å². The molecule has 0 saturated carbocycles. The molecule has 12 heteroatoms. The third-order valence-corrected chi connectivity index (χ3v) is 6.60. The standard InChI is InChI=1S/C18H20F6N2O3S/c1-2-9-25(12-17(19,20)21)16(27)13-7-10-26(11-8-13)30(28,29)15-6-4-3-5-14(15)18(22,23)24/h2-6,13H,1,7-12H2. The number of benzene rings is 1. The van der Waals surface area contributed by atoms with Crippen molar-refractivity contribution in [1.29, 1.82) is 0 Å². The van der Waals surface area contributed by atoms with Crippen molar-refractivity contribution < 1.29 is 39.6 Å². The van der Waals surface area contributed by atoms with E-state index in [9.17, 15) is 39.6 Å². The number of alkyl halides is 6. The molecule has 0 aromatic heterocycles. The molecule has 1 fully saturated rings. The number of sulfonamides is 1. The third-order valence-electron chi connectivity index (χ3n) is 4.64. The van der Waals surface area contributed by atoms with Crippen molar-refractivity contribution in [2.24, 2.45) is 5.92 Å². The first kappa shape index (κ1) is 24.2. The summed E-state index contributed by atoms with van der Waals surface area (Å²) >= 11 is 0. The van der Waals surface area contributed by atoms with Crippen LogP contribution >= 0.6 is 0 Å². The van der Waals surface area contributed by atoms with Gasteiger partial charge in [-0.3, -0.25) is 4.79 Å². The lowest BCUT2D eigenvalue weighted by Gasteiger charge is -2.34. The fourth-order valence-corrected chi connectivity index (χ4v) is 4.95. The molecule has 0 N–H and O–H groups in total. The molecule has 1 aromatic rings. The Balaban J connectivity index is 2.15. The number of nitrogens with zero attached hydrogens (tertiary/aromatic N) is 2. The first-order chi connectivity index (χ1) is 13.8. The molecular weight excluding hydrogens is 438 g/mol. The monoisotopic (exact) mass is 458 g/mol. The molecule has 1 aliphatic heterocycles. The van der Waals surface area contributed by atoms with Gasteiger partial charge in [0.1, 0.15) is 6.54 Å². The minimum Gasteiger partial charge on any atom is -0.330 e. The highest BCUT2D eigenvalue weighted by molar-refractivity contribution is 7.89. The molecule has 5 nitrogen and oxygen atoms in total. The summed E-state index contributed by atoms with van der Waals surface area (Å²) in [6.07, 6.45) is -8.53. The number of carbonyl (C=O) groups excluding carboxylic acids is 1. The molecule has 0 spiro atoms. The van der Waals surface area contributed by atoms with Crippen LogP contribution in [0.25, 0.3) is 0 Å². The van der Waals surface area contributed by atoms with Gasteiger partial charge in [-0.1, -0.05) is 18.2 Å². The van der Waals surface area contributed by atoms with Gasteiger partial charge < -0.3 is 4.90 Å². The maximum absolute atomic E-state index is 13.2. The number of piperidine rings is 1. The summed E-state index contributed by atoms with van der Waals surface area (Å²) in [6.45, 7) is 0.979. The lowest BCUT2D eigenvalue weighted by atomic mass is 9.96. The molecule has 1 heterocycles. The van der Waals surface area contributed by atoms with E-state index in [1.54, 1.807) is 0 Å². The number of carbonyl (C=O) groups is 1. The second-order valence-electron chi connectivity index (χ2n) is 6.79.